The molecule has 48 heavy (non-hydrogen) atoms. The Balaban J connectivity index is 1.32. The van der Waals surface area contributed by atoms with Crippen molar-refractivity contribution < 1.29 is 27.9 Å². The lowest BCUT2D eigenvalue weighted by Gasteiger charge is -2.34. The predicted molar refractivity (Wildman–Crippen MR) is 189 cm³/mol. The summed E-state index contributed by atoms with van der Waals surface area (Å²) in [6.07, 6.45) is -0.358. The Labute approximate surface area is 285 Å². The molecule has 0 saturated heterocycles. The third-order valence-electron chi connectivity index (χ3n) is 8.30. The van der Waals surface area contributed by atoms with Gasteiger partial charge in [0, 0.05) is 42.4 Å². The van der Waals surface area contributed by atoms with Crippen molar-refractivity contribution in [1.82, 2.24) is 9.80 Å². The molecule has 5 N–H and O–H groups in total. The third kappa shape index (κ3) is 8.53. The standard InChI is InChI=1S/C35H41N5O6S2/c1-23-19-40(24(2)22-41)33(42)18-27-17-28(38-48(44,45)34-9-6-16-47-34)14-15-31(27)46-32(23)21-39(3)20-25-10-12-26(13-11-25)35(43)37-30-8-5-4-7-29(30)36/h4-17,23-24,32,38,41H,18-22,36H2,1-3H3,(H,37,43)/t23-,24+,32-/m1/s1. The molecule has 2 heterocycles. The minimum atomic E-state index is -3.79. The van der Waals surface area contributed by atoms with Crippen LogP contribution in [0.1, 0.15) is 35.3 Å². The highest BCUT2D eigenvalue weighted by molar-refractivity contribution is 7.94. The van der Waals surface area contributed by atoms with Crippen molar-refractivity contribution in [2.24, 2.45) is 5.92 Å². The number of para-hydroxylation sites is 2. The molecule has 0 saturated carbocycles. The van der Waals surface area contributed by atoms with Crippen LogP contribution < -0.4 is 20.5 Å². The molecule has 1 aliphatic heterocycles. The number of amides is 2. The Morgan fingerprint density at radius 1 is 1.12 bits per heavy atom. The number of ether oxygens (including phenoxy) is 1. The Hall–Kier alpha value is -4.43. The van der Waals surface area contributed by atoms with Crippen LogP contribution in [0.4, 0.5) is 17.1 Å². The van der Waals surface area contributed by atoms with Gasteiger partial charge in [0.15, 0.2) is 0 Å². The van der Waals surface area contributed by atoms with Gasteiger partial charge in [0.25, 0.3) is 15.9 Å². The van der Waals surface area contributed by atoms with Crippen molar-refractivity contribution in [3.63, 3.8) is 0 Å². The molecule has 0 fully saturated rings. The van der Waals surface area contributed by atoms with Gasteiger partial charge in [-0.3, -0.25) is 19.2 Å². The largest absolute Gasteiger partial charge is 0.488 e. The van der Waals surface area contributed by atoms with Gasteiger partial charge in [-0.25, -0.2) is 8.42 Å². The smallest absolute Gasteiger partial charge is 0.271 e. The fourth-order valence-corrected chi connectivity index (χ4v) is 7.63. The van der Waals surface area contributed by atoms with E-state index in [2.05, 4.69) is 14.9 Å². The first-order chi connectivity index (χ1) is 22.9. The molecule has 11 nitrogen and oxygen atoms in total. The minimum absolute atomic E-state index is 0.0136. The summed E-state index contributed by atoms with van der Waals surface area (Å²) in [5, 5.41) is 14.5. The maximum Gasteiger partial charge on any atom is 0.271 e. The zero-order valence-corrected chi connectivity index (χ0v) is 28.8. The zero-order valence-electron chi connectivity index (χ0n) is 27.1. The molecule has 254 valence electrons. The monoisotopic (exact) mass is 691 g/mol. The van der Waals surface area contributed by atoms with E-state index in [1.165, 1.54) is 6.07 Å². The lowest BCUT2D eigenvalue weighted by molar-refractivity contribution is -0.134. The molecule has 4 aromatic rings. The molecule has 1 aromatic heterocycles. The number of rotatable bonds is 11. The van der Waals surface area contributed by atoms with Gasteiger partial charge in [0.2, 0.25) is 5.91 Å². The van der Waals surface area contributed by atoms with Crippen LogP contribution in [0.25, 0.3) is 0 Å². The Kier molecular flexibility index (Phi) is 11.0. The lowest BCUT2D eigenvalue weighted by atomic mass is 10.0. The number of thiophene rings is 1. The summed E-state index contributed by atoms with van der Waals surface area (Å²) < 4.78 is 35.2. The number of aliphatic hydroxyl groups excluding tert-OH is 1. The van der Waals surface area contributed by atoms with Crippen molar-refractivity contribution in [3.05, 3.63) is 101 Å². The van der Waals surface area contributed by atoms with Crippen LogP contribution >= 0.6 is 11.3 Å². The molecule has 0 radical (unpaired) electrons. The minimum Gasteiger partial charge on any atom is -0.488 e. The average molecular weight is 692 g/mol. The van der Waals surface area contributed by atoms with Crippen LogP contribution in [-0.2, 0) is 27.8 Å². The topological polar surface area (TPSA) is 154 Å². The number of nitrogen functional groups attached to an aromatic ring is 1. The highest BCUT2D eigenvalue weighted by atomic mass is 32.2. The normalized spacial score (nSPS) is 17.4. The molecule has 0 unspecified atom stereocenters. The van der Waals surface area contributed by atoms with Gasteiger partial charge in [0.05, 0.1) is 30.4 Å². The number of carbonyl (C=O) groups is 2. The molecule has 2 amide bonds. The summed E-state index contributed by atoms with van der Waals surface area (Å²) >= 11 is 1.12. The highest BCUT2D eigenvalue weighted by Crippen LogP contribution is 2.31. The van der Waals surface area contributed by atoms with Gasteiger partial charge in [-0.1, -0.05) is 37.3 Å². The quantitative estimate of drug-likeness (QED) is 0.166. The van der Waals surface area contributed by atoms with Crippen LogP contribution in [0.2, 0.25) is 0 Å². The number of carbonyl (C=O) groups excluding carboxylic acids is 2. The number of nitrogens with two attached hydrogens (primary N) is 1. The Morgan fingerprint density at radius 3 is 2.56 bits per heavy atom. The number of sulfonamides is 1. The fourth-order valence-electron chi connectivity index (χ4n) is 5.58. The van der Waals surface area contributed by atoms with Crippen LogP contribution in [0.3, 0.4) is 0 Å². The average Bonchev–Trinajstić information content (AvgIpc) is 3.62. The number of benzene rings is 3. The molecule has 0 aliphatic carbocycles. The third-order valence-corrected chi connectivity index (χ3v) is 11.1. The van der Waals surface area contributed by atoms with Gasteiger partial charge in [0.1, 0.15) is 16.1 Å². The Bertz CT molecular complexity index is 1830. The van der Waals surface area contributed by atoms with Crippen molar-refractivity contribution in [1.29, 1.82) is 0 Å². The number of hydrogen-bond acceptors (Lipinski definition) is 9. The first kappa shape index (κ1) is 34.9. The molecule has 3 atom stereocenters. The second kappa shape index (κ2) is 15.2. The second-order valence-electron chi connectivity index (χ2n) is 12.2. The fraction of sp³-hybridized carbons (Fsp3) is 0.314. The summed E-state index contributed by atoms with van der Waals surface area (Å²) in [7, 11) is -1.81. The molecular formula is C35H41N5O6S2. The van der Waals surface area contributed by atoms with E-state index in [-0.39, 0.29) is 41.1 Å². The number of aliphatic hydroxyl groups is 1. The first-order valence-electron chi connectivity index (χ1n) is 15.6. The van der Waals surface area contributed by atoms with E-state index in [1.54, 1.807) is 71.8 Å². The maximum absolute atomic E-state index is 13.6. The molecule has 0 spiro atoms. The van der Waals surface area contributed by atoms with E-state index in [0.29, 0.717) is 53.6 Å². The van der Waals surface area contributed by atoms with Gasteiger partial charge in [-0.2, -0.15) is 0 Å². The number of anilines is 3. The molecule has 0 bridgehead atoms. The SMILES string of the molecule is C[C@@H]1CN([C@@H](C)CO)C(=O)Cc2cc(NS(=O)(=O)c3cccs3)ccc2O[C@@H]1CN(C)Cc1ccc(C(=O)Nc2ccccc2N)cc1. The summed E-state index contributed by atoms with van der Waals surface area (Å²) in [4.78, 5) is 30.1. The van der Waals surface area contributed by atoms with Gasteiger partial charge in [-0.05, 0) is 73.4 Å². The van der Waals surface area contributed by atoms with Crippen molar-refractivity contribution in [3.8, 4) is 5.75 Å². The highest BCUT2D eigenvalue weighted by Gasteiger charge is 2.31. The van der Waals surface area contributed by atoms with Crippen molar-refractivity contribution in [2.75, 3.05) is 42.5 Å². The van der Waals surface area contributed by atoms with Crippen LogP contribution in [0, 0.1) is 5.92 Å². The molecular weight excluding hydrogens is 651 g/mol. The summed E-state index contributed by atoms with van der Waals surface area (Å²) in [5.41, 5.74) is 9.39. The van der Waals surface area contributed by atoms with Crippen LogP contribution in [0.15, 0.2) is 88.5 Å². The van der Waals surface area contributed by atoms with Gasteiger partial charge >= 0.3 is 0 Å². The number of nitrogens with one attached hydrogen (secondary N) is 2. The summed E-state index contributed by atoms with van der Waals surface area (Å²) in [5.74, 6) is -0.0389. The van der Waals surface area contributed by atoms with Gasteiger partial charge < -0.3 is 25.8 Å². The van der Waals surface area contributed by atoms with E-state index in [1.807, 2.05) is 32.2 Å². The van der Waals surface area contributed by atoms with Gasteiger partial charge in [-0.15, -0.1) is 11.3 Å². The molecule has 1 aliphatic rings. The van der Waals surface area contributed by atoms with E-state index in [0.717, 1.165) is 16.9 Å². The van der Waals surface area contributed by atoms with E-state index >= 15 is 0 Å². The number of likely N-dealkylation sites (N-methyl/N-ethyl adjacent to an activating group) is 1. The maximum atomic E-state index is 13.6. The number of fused-ring (bicyclic) bond motifs is 1. The zero-order chi connectivity index (χ0) is 34.4. The summed E-state index contributed by atoms with van der Waals surface area (Å²) in [6.45, 7) is 5.09. The Morgan fingerprint density at radius 2 is 1.88 bits per heavy atom. The van der Waals surface area contributed by atoms with Crippen molar-refractivity contribution in [2.45, 2.75) is 43.2 Å². The van der Waals surface area contributed by atoms with E-state index < -0.39 is 16.1 Å². The molecule has 5 rings (SSSR count). The van der Waals surface area contributed by atoms with E-state index in [9.17, 15) is 23.1 Å². The van der Waals surface area contributed by atoms with Crippen LogP contribution in [0.5, 0.6) is 5.75 Å². The first-order valence-corrected chi connectivity index (χ1v) is 18.0. The summed E-state index contributed by atoms with van der Waals surface area (Å²) in [6, 6.07) is 22.2. The second-order valence-corrected chi connectivity index (χ2v) is 15.0. The predicted octanol–water partition coefficient (Wildman–Crippen LogP) is 4.66. The number of hydrogen-bond donors (Lipinski definition) is 4. The number of nitrogens with zero attached hydrogens (tertiary/aromatic N) is 2. The molecule has 13 heteroatoms. The van der Waals surface area contributed by atoms with Crippen molar-refractivity contribution >= 4 is 50.2 Å². The lowest BCUT2D eigenvalue weighted by Crippen LogP contribution is -2.47. The van der Waals surface area contributed by atoms with Crippen LogP contribution in [-0.4, -0.2) is 74.0 Å². The van der Waals surface area contributed by atoms with E-state index in [4.69, 9.17) is 10.5 Å². The molecule has 3 aromatic carbocycles.